The first-order valence-corrected chi connectivity index (χ1v) is 12.4. The third-order valence-electron chi connectivity index (χ3n) is 6.19. The van der Waals surface area contributed by atoms with E-state index in [-0.39, 0.29) is 0 Å². The number of hydrogen-bond acceptors (Lipinski definition) is 4. The topological polar surface area (TPSA) is 68.9 Å². The van der Waals surface area contributed by atoms with Gasteiger partial charge in [0.25, 0.3) is 0 Å². The smallest absolute Gasteiger partial charge is 0.243 e. The highest BCUT2D eigenvalue weighted by atomic mass is 32.2. The minimum Gasteiger partial charge on any atom is -0.379 e. The Hall–Kier alpha value is -1.48. The molecule has 4 rings (SSSR count). The van der Waals surface area contributed by atoms with Gasteiger partial charge in [0.2, 0.25) is 10.0 Å². The van der Waals surface area contributed by atoms with Crippen LogP contribution in [-0.4, -0.2) is 61.7 Å². The molecule has 7 nitrogen and oxygen atoms in total. The van der Waals surface area contributed by atoms with Gasteiger partial charge in [-0.05, 0) is 50.8 Å². The summed E-state index contributed by atoms with van der Waals surface area (Å²) < 4.78 is 35.1. The van der Waals surface area contributed by atoms with Crippen LogP contribution in [-0.2, 0) is 27.8 Å². The van der Waals surface area contributed by atoms with Crippen molar-refractivity contribution in [1.82, 2.24) is 13.9 Å². The second kappa shape index (κ2) is 9.12. The number of morpholine rings is 1. The highest BCUT2D eigenvalue weighted by molar-refractivity contribution is 7.89. The normalized spacial score (nSPS) is 20.6. The number of aromatic nitrogens is 2. The standard InChI is InChI=1S/C21H32N4O3S/c1-2-25-20-9-8-18(29(26,27)24-12-14-28-15-13-24)16-19(20)22-21(25)17-23-10-6-4-3-5-7-11-23/h8-9,16H,2-7,10-15,17H2,1H3/p+1. The molecule has 29 heavy (non-hydrogen) atoms. The van der Waals surface area contributed by atoms with Crippen molar-refractivity contribution < 1.29 is 18.1 Å². The molecule has 3 heterocycles. The Bertz CT molecular complexity index is 927. The van der Waals surface area contributed by atoms with E-state index in [1.54, 1.807) is 17.0 Å². The summed E-state index contributed by atoms with van der Waals surface area (Å²) in [7, 11) is -3.50. The van der Waals surface area contributed by atoms with Crippen LogP contribution < -0.4 is 4.90 Å². The number of likely N-dealkylation sites (tertiary alicyclic amines) is 1. The Kier molecular flexibility index (Phi) is 6.53. The van der Waals surface area contributed by atoms with E-state index in [9.17, 15) is 8.42 Å². The quantitative estimate of drug-likeness (QED) is 0.793. The summed E-state index contributed by atoms with van der Waals surface area (Å²) in [6.07, 6.45) is 6.58. The fourth-order valence-corrected chi connectivity index (χ4v) is 5.98. The Morgan fingerprint density at radius 2 is 1.76 bits per heavy atom. The van der Waals surface area contributed by atoms with Crippen molar-refractivity contribution in [2.24, 2.45) is 0 Å². The number of aryl methyl sites for hydroxylation is 1. The molecule has 2 aliphatic heterocycles. The SMILES string of the molecule is CCn1c(C[NH+]2CCCCCCC2)nc2cc(S(=O)(=O)N3CCOCC3)ccc21. The minimum atomic E-state index is -3.50. The van der Waals surface area contributed by atoms with Gasteiger partial charge in [0.15, 0.2) is 5.82 Å². The lowest BCUT2D eigenvalue weighted by atomic mass is 10.1. The summed E-state index contributed by atoms with van der Waals surface area (Å²) in [5, 5.41) is 0. The first-order chi connectivity index (χ1) is 14.1. The largest absolute Gasteiger partial charge is 0.379 e. The molecule has 0 amide bonds. The first-order valence-electron chi connectivity index (χ1n) is 11.0. The van der Waals surface area contributed by atoms with Crippen molar-refractivity contribution in [3.63, 3.8) is 0 Å². The summed E-state index contributed by atoms with van der Waals surface area (Å²) in [5.41, 5.74) is 1.80. The molecule has 2 aliphatic rings. The maximum atomic E-state index is 13.0. The van der Waals surface area contributed by atoms with Crippen molar-refractivity contribution in [2.45, 2.75) is 57.0 Å². The van der Waals surface area contributed by atoms with Gasteiger partial charge in [-0.1, -0.05) is 6.42 Å². The molecule has 1 N–H and O–H groups in total. The second-order valence-corrected chi connectivity index (χ2v) is 10.1. The summed E-state index contributed by atoms with van der Waals surface area (Å²) in [5.74, 6) is 1.07. The molecule has 1 aromatic carbocycles. The highest BCUT2D eigenvalue weighted by Gasteiger charge is 2.27. The van der Waals surface area contributed by atoms with E-state index in [0.717, 1.165) is 29.9 Å². The number of imidazole rings is 1. The maximum Gasteiger partial charge on any atom is 0.243 e. The number of rotatable bonds is 5. The lowest BCUT2D eigenvalue weighted by Crippen LogP contribution is -3.11. The lowest BCUT2D eigenvalue weighted by molar-refractivity contribution is -0.915. The van der Waals surface area contributed by atoms with Gasteiger partial charge in [0.1, 0.15) is 6.54 Å². The van der Waals surface area contributed by atoms with Crippen LogP contribution in [0.1, 0.15) is 44.9 Å². The van der Waals surface area contributed by atoms with Gasteiger partial charge in [0.05, 0.1) is 42.2 Å². The van der Waals surface area contributed by atoms with Gasteiger partial charge >= 0.3 is 0 Å². The molecule has 8 heteroatoms. The number of nitrogens with zero attached hydrogens (tertiary/aromatic N) is 3. The third-order valence-corrected chi connectivity index (χ3v) is 8.09. The van der Waals surface area contributed by atoms with E-state index in [2.05, 4.69) is 11.5 Å². The zero-order valence-corrected chi connectivity index (χ0v) is 18.2. The Labute approximate surface area is 173 Å². The number of quaternary nitrogens is 1. The van der Waals surface area contributed by atoms with Crippen LogP contribution in [0.15, 0.2) is 23.1 Å². The van der Waals surface area contributed by atoms with Crippen LogP contribution in [0.2, 0.25) is 0 Å². The van der Waals surface area contributed by atoms with Gasteiger partial charge in [0, 0.05) is 19.6 Å². The fourth-order valence-electron chi connectivity index (χ4n) is 4.55. The second-order valence-electron chi connectivity index (χ2n) is 8.13. The monoisotopic (exact) mass is 421 g/mol. The number of nitrogens with one attached hydrogen (secondary N) is 1. The molecule has 0 bridgehead atoms. The Morgan fingerprint density at radius 3 is 2.45 bits per heavy atom. The number of hydrogen-bond donors (Lipinski definition) is 1. The zero-order chi connectivity index (χ0) is 20.3. The summed E-state index contributed by atoms with van der Waals surface area (Å²) in [6, 6.07) is 5.40. The van der Waals surface area contributed by atoms with Crippen LogP contribution >= 0.6 is 0 Å². The number of sulfonamides is 1. The van der Waals surface area contributed by atoms with Crippen LogP contribution in [0.5, 0.6) is 0 Å². The molecule has 1 aromatic heterocycles. The lowest BCUT2D eigenvalue weighted by Gasteiger charge is -2.26. The van der Waals surface area contributed by atoms with E-state index < -0.39 is 10.0 Å². The van der Waals surface area contributed by atoms with Crippen molar-refractivity contribution in [3.05, 3.63) is 24.0 Å². The summed E-state index contributed by atoms with van der Waals surface area (Å²) >= 11 is 0. The molecule has 2 saturated heterocycles. The molecule has 2 aromatic rings. The van der Waals surface area contributed by atoms with E-state index in [1.165, 1.54) is 49.5 Å². The van der Waals surface area contributed by atoms with E-state index in [0.29, 0.717) is 31.2 Å². The molecule has 0 saturated carbocycles. The predicted octanol–water partition coefficient (Wildman–Crippen LogP) is 1.43. The van der Waals surface area contributed by atoms with E-state index in [4.69, 9.17) is 9.72 Å². The van der Waals surface area contributed by atoms with Crippen LogP contribution in [0.3, 0.4) is 0 Å². The summed E-state index contributed by atoms with van der Waals surface area (Å²) in [6.45, 7) is 8.01. The van der Waals surface area contributed by atoms with Gasteiger partial charge in [-0.2, -0.15) is 4.31 Å². The van der Waals surface area contributed by atoms with E-state index >= 15 is 0 Å². The zero-order valence-electron chi connectivity index (χ0n) is 17.4. The van der Waals surface area contributed by atoms with Crippen LogP contribution in [0.25, 0.3) is 11.0 Å². The molecule has 2 fully saturated rings. The van der Waals surface area contributed by atoms with Gasteiger partial charge in [-0.25, -0.2) is 13.4 Å². The molecule has 0 spiro atoms. The number of fused-ring (bicyclic) bond motifs is 1. The molecule has 0 radical (unpaired) electrons. The van der Waals surface area contributed by atoms with Crippen molar-refractivity contribution in [3.8, 4) is 0 Å². The highest BCUT2D eigenvalue weighted by Crippen LogP contribution is 2.23. The molecule has 160 valence electrons. The molecule has 0 unspecified atom stereocenters. The van der Waals surface area contributed by atoms with Crippen LogP contribution in [0, 0.1) is 0 Å². The molecular weight excluding hydrogens is 388 g/mol. The number of ether oxygens (including phenoxy) is 1. The third kappa shape index (κ3) is 4.50. The van der Waals surface area contributed by atoms with Gasteiger partial charge in [-0.3, -0.25) is 0 Å². The van der Waals surface area contributed by atoms with Gasteiger partial charge < -0.3 is 14.2 Å². The molecule has 0 aliphatic carbocycles. The van der Waals surface area contributed by atoms with Crippen LogP contribution in [0.4, 0.5) is 0 Å². The maximum absolute atomic E-state index is 13.0. The van der Waals surface area contributed by atoms with Crippen molar-refractivity contribution in [2.75, 3.05) is 39.4 Å². The Morgan fingerprint density at radius 1 is 1.07 bits per heavy atom. The first kappa shape index (κ1) is 20.8. The predicted molar refractivity (Wildman–Crippen MR) is 112 cm³/mol. The summed E-state index contributed by atoms with van der Waals surface area (Å²) in [4.78, 5) is 6.81. The van der Waals surface area contributed by atoms with Crippen molar-refractivity contribution in [1.29, 1.82) is 0 Å². The average molecular weight is 422 g/mol. The van der Waals surface area contributed by atoms with Gasteiger partial charge in [-0.15, -0.1) is 0 Å². The number of benzene rings is 1. The Balaban J connectivity index is 1.61. The van der Waals surface area contributed by atoms with Crippen molar-refractivity contribution >= 4 is 21.1 Å². The molecular formula is C21H33N4O3S+. The average Bonchev–Trinajstić information content (AvgIpc) is 3.06. The molecule has 0 atom stereocenters. The fraction of sp³-hybridized carbons (Fsp3) is 0.667. The van der Waals surface area contributed by atoms with E-state index in [1.807, 2.05) is 6.07 Å². The minimum absolute atomic E-state index is 0.331.